The molecule has 1 aromatic carbocycles. The van der Waals surface area contributed by atoms with Crippen LogP contribution in [0.15, 0.2) is 28.8 Å². The molecule has 0 radical (unpaired) electrons. The highest BCUT2D eigenvalue weighted by molar-refractivity contribution is 14.1. The summed E-state index contributed by atoms with van der Waals surface area (Å²) >= 11 is 7.98. The van der Waals surface area contributed by atoms with Crippen LogP contribution in [0, 0.1) is 3.57 Å². The van der Waals surface area contributed by atoms with Gasteiger partial charge in [-0.2, -0.15) is 0 Å². The van der Waals surface area contributed by atoms with Crippen molar-refractivity contribution in [2.75, 3.05) is 5.32 Å². The van der Waals surface area contributed by atoms with Gasteiger partial charge in [-0.1, -0.05) is 30.6 Å². The minimum atomic E-state index is -0.265. The van der Waals surface area contributed by atoms with Crippen molar-refractivity contribution >= 4 is 46.0 Å². The van der Waals surface area contributed by atoms with Crippen molar-refractivity contribution < 1.29 is 9.32 Å². The minimum absolute atomic E-state index is 0.251. The molecule has 1 amide bonds. The van der Waals surface area contributed by atoms with Gasteiger partial charge >= 0.3 is 0 Å². The largest absolute Gasteiger partial charge is 0.338 e. The van der Waals surface area contributed by atoms with E-state index < -0.39 is 0 Å². The predicted octanol–water partition coefficient (Wildman–Crippen LogP) is 4.31. The molecule has 0 aliphatic heterocycles. The van der Waals surface area contributed by atoms with Gasteiger partial charge in [0.1, 0.15) is 0 Å². The number of benzene rings is 1. The number of halogens is 2. The van der Waals surface area contributed by atoms with Gasteiger partial charge < -0.3 is 4.52 Å². The van der Waals surface area contributed by atoms with Crippen LogP contribution in [0.3, 0.4) is 0 Å². The van der Waals surface area contributed by atoms with Gasteiger partial charge in [0.15, 0.2) is 0 Å². The van der Waals surface area contributed by atoms with Crippen LogP contribution in [-0.4, -0.2) is 11.1 Å². The molecular weight excluding hydrogens is 379 g/mol. The quantitative estimate of drug-likeness (QED) is 0.795. The molecule has 0 aliphatic carbocycles. The SMILES string of the molecule is CC(C)c1cc(NC(=O)c2cc(Cl)ccc2I)on1. The Morgan fingerprint density at radius 3 is 2.79 bits per heavy atom. The van der Waals surface area contributed by atoms with Crippen LogP contribution in [0.1, 0.15) is 35.8 Å². The lowest BCUT2D eigenvalue weighted by atomic mass is 10.1. The van der Waals surface area contributed by atoms with Gasteiger partial charge in [0.25, 0.3) is 5.91 Å². The summed E-state index contributed by atoms with van der Waals surface area (Å²) < 4.78 is 5.89. The highest BCUT2D eigenvalue weighted by Gasteiger charge is 2.14. The Morgan fingerprint density at radius 1 is 1.42 bits per heavy atom. The molecule has 0 bridgehead atoms. The highest BCUT2D eigenvalue weighted by Crippen LogP contribution is 2.21. The molecule has 0 spiro atoms. The molecule has 19 heavy (non-hydrogen) atoms. The zero-order valence-electron chi connectivity index (χ0n) is 10.4. The molecule has 4 nitrogen and oxygen atoms in total. The zero-order valence-corrected chi connectivity index (χ0v) is 13.3. The van der Waals surface area contributed by atoms with Crippen LogP contribution in [0.2, 0.25) is 5.02 Å². The third-order valence-corrected chi connectivity index (χ3v) is 3.71. The Kier molecular flexibility index (Phi) is 4.46. The van der Waals surface area contributed by atoms with Crippen molar-refractivity contribution in [3.05, 3.63) is 44.1 Å². The van der Waals surface area contributed by atoms with Crippen molar-refractivity contribution in [2.45, 2.75) is 19.8 Å². The fourth-order valence-corrected chi connectivity index (χ4v) is 2.22. The van der Waals surface area contributed by atoms with E-state index >= 15 is 0 Å². The van der Waals surface area contributed by atoms with Crippen LogP contribution >= 0.6 is 34.2 Å². The van der Waals surface area contributed by atoms with E-state index in [1.807, 2.05) is 13.8 Å². The lowest BCUT2D eigenvalue weighted by Crippen LogP contribution is -2.12. The molecule has 0 atom stereocenters. The van der Waals surface area contributed by atoms with Crippen molar-refractivity contribution in [2.24, 2.45) is 0 Å². The van der Waals surface area contributed by atoms with Gasteiger partial charge in [-0.25, -0.2) is 0 Å². The van der Waals surface area contributed by atoms with Gasteiger partial charge in [0, 0.05) is 14.7 Å². The number of amides is 1. The average molecular weight is 391 g/mol. The Bertz CT molecular complexity index is 610. The molecule has 0 fully saturated rings. The molecular formula is C13H12ClIN2O2. The molecule has 2 rings (SSSR count). The summed E-state index contributed by atoms with van der Waals surface area (Å²) in [4.78, 5) is 12.1. The second-order valence-corrected chi connectivity index (χ2v) is 5.95. The number of rotatable bonds is 3. The van der Waals surface area contributed by atoms with Crippen molar-refractivity contribution in [3.8, 4) is 0 Å². The summed E-state index contributed by atoms with van der Waals surface area (Å²) in [5, 5.41) is 7.07. The van der Waals surface area contributed by atoms with Crippen LogP contribution in [-0.2, 0) is 0 Å². The number of anilines is 1. The van der Waals surface area contributed by atoms with Gasteiger partial charge in [-0.05, 0) is 46.7 Å². The summed E-state index contributed by atoms with van der Waals surface area (Å²) in [7, 11) is 0. The molecule has 1 heterocycles. The first kappa shape index (κ1) is 14.3. The lowest BCUT2D eigenvalue weighted by Gasteiger charge is -2.04. The maximum absolute atomic E-state index is 12.1. The van der Waals surface area contributed by atoms with E-state index in [1.54, 1.807) is 24.3 Å². The van der Waals surface area contributed by atoms with Crippen LogP contribution in [0.5, 0.6) is 0 Å². The maximum Gasteiger partial charge on any atom is 0.259 e. The van der Waals surface area contributed by atoms with Gasteiger partial charge in [0.05, 0.1) is 11.3 Å². The number of hydrogen-bond acceptors (Lipinski definition) is 3. The Morgan fingerprint density at radius 2 is 2.16 bits per heavy atom. The Hall–Kier alpha value is -1.08. The van der Waals surface area contributed by atoms with E-state index in [-0.39, 0.29) is 11.8 Å². The summed E-state index contributed by atoms with van der Waals surface area (Å²) in [5.41, 5.74) is 1.31. The van der Waals surface area contributed by atoms with Gasteiger partial charge in [-0.3, -0.25) is 10.1 Å². The van der Waals surface area contributed by atoms with E-state index in [0.29, 0.717) is 16.5 Å². The molecule has 1 N–H and O–H groups in total. The predicted molar refractivity (Wildman–Crippen MR) is 82.7 cm³/mol. The van der Waals surface area contributed by atoms with Crippen molar-refractivity contribution in [1.29, 1.82) is 0 Å². The Labute approximate surface area is 129 Å². The molecule has 6 heteroatoms. The first-order chi connectivity index (χ1) is 8.97. The summed E-state index contributed by atoms with van der Waals surface area (Å²) in [6.07, 6.45) is 0. The number of aromatic nitrogens is 1. The second-order valence-electron chi connectivity index (χ2n) is 4.35. The van der Waals surface area contributed by atoms with Gasteiger partial charge in [0.2, 0.25) is 5.88 Å². The van der Waals surface area contributed by atoms with E-state index in [9.17, 15) is 4.79 Å². The molecule has 2 aromatic rings. The van der Waals surface area contributed by atoms with Crippen LogP contribution in [0.25, 0.3) is 0 Å². The maximum atomic E-state index is 12.1. The first-order valence-electron chi connectivity index (χ1n) is 5.70. The molecule has 0 unspecified atom stereocenters. The fraction of sp³-hybridized carbons (Fsp3) is 0.231. The summed E-state index contributed by atoms with van der Waals surface area (Å²) in [5.74, 6) is 0.323. The summed E-state index contributed by atoms with van der Waals surface area (Å²) in [6, 6.07) is 6.88. The summed E-state index contributed by atoms with van der Waals surface area (Å²) in [6.45, 7) is 4.01. The minimum Gasteiger partial charge on any atom is -0.338 e. The normalized spacial score (nSPS) is 10.8. The number of hydrogen-bond donors (Lipinski definition) is 1. The monoisotopic (exact) mass is 390 g/mol. The lowest BCUT2D eigenvalue weighted by molar-refractivity contribution is 0.102. The molecule has 0 saturated carbocycles. The third-order valence-electron chi connectivity index (χ3n) is 2.53. The molecule has 1 aromatic heterocycles. The van der Waals surface area contributed by atoms with E-state index in [1.165, 1.54) is 0 Å². The van der Waals surface area contributed by atoms with E-state index in [4.69, 9.17) is 16.1 Å². The number of nitrogens with zero attached hydrogens (tertiary/aromatic N) is 1. The fourth-order valence-electron chi connectivity index (χ4n) is 1.47. The highest BCUT2D eigenvalue weighted by atomic mass is 127. The third kappa shape index (κ3) is 3.48. The average Bonchev–Trinajstić information content (AvgIpc) is 2.80. The number of carbonyl (C=O) groups is 1. The van der Waals surface area contributed by atoms with Crippen LogP contribution in [0.4, 0.5) is 5.88 Å². The van der Waals surface area contributed by atoms with Crippen molar-refractivity contribution in [3.63, 3.8) is 0 Å². The number of nitrogens with one attached hydrogen (secondary N) is 1. The molecule has 100 valence electrons. The second kappa shape index (κ2) is 5.92. The van der Waals surface area contributed by atoms with Crippen molar-refractivity contribution in [1.82, 2.24) is 5.16 Å². The molecule has 0 aliphatic rings. The van der Waals surface area contributed by atoms with E-state index in [0.717, 1.165) is 9.26 Å². The van der Waals surface area contributed by atoms with Crippen LogP contribution < -0.4 is 5.32 Å². The Balaban J connectivity index is 2.18. The smallest absolute Gasteiger partial charge is 0.259 e. The number of carbonyl (C=O) groups excluding carboxylic acids is 1. The van der Waals surface area contributed by atoms with E-state index in [2.05, 4.69) is 33.1 Å². The molecule has 0 saturated heterocycles. The first-order valence-corrected chi connectivity index (χ1v) is 7.16. The standard InChI is InChI=1S/C13H12ClIN2O2/c1-7(2)11-6-12(19-17-11)16-13(18)9-5-8(14)3-4-10(9)15/h3-7H,1-2H3,(H,16,18). The zero-order chi connectivity index (χ0) is 14.0. The van der Waals surface area contributed by atoms with Gasteiger partial charge in [-0.15, -0.1) is 0 Å². The topological polar surface area (TPSA) is 55.1 Å².